The van der Waals surface area contributed by atoms with Crippen molar-refractivity contribution in [3.05, 3.63) is 76.1 Å². The summed E-state index contributed by atoms with van der Waals surface area (Å²) in [6.45, 7) is 0.226. The van der Waals surface area contributed by atoms with E-state index in [0.29, 0.717) is 5.56 Å². The zero-order valence-electron chi connectivity index (χ0n) is 12.6. The second kappa shape index (κ2) is 7.12. The molecule has 124 valence electrons. The number of nitrogens with zero attached hydrogens (tertiary/aromatic N) is 2. The van der Waals surface area contributed by atoms with Crippen LogP contribution in [0.3, 0.4) is 0 Å². The Hall–Kier alpha value is -2.90. The molecule has 1 aliphatic rings. The molecule has 0 aliphatic carbocycles. The fraction of sp³-hybridized carbons (Fsp3) is 0.176. The molecule has 7 heteroatoms. The van der Waals surface area contributed by atoms with E-state index >= 15 is 0 Å². The summed E-state index contributed by atoms with van der Waals surface area (Å²) in [6.07, 6.45) is 0. The molecule has 0 N–H and O–H groups in total. The van der Waals surface area contributed by atoms with E-state index in [1.54, 1.807) is 12.1 Å². The Balaban J connectivity index is 1.64. The van der Waals surface area contributed by atoms with Gasteiger partial charge in [-0.2, -0.15) is 0 Å². The minimum atomic E-state index is -0.761. The summed E-state index contributed by atoms with van der Waals surface area (Å²) in [5.74, 6) is -0.278. The summed E-state index contributed by atoms with van der Waals surface area (Å²) in [4.78, 5) is 16.2. The average Bonchev–Trinajstić information content (AvgIpc) is 3.11. The van der Waals surface area contributed by atoms with Crippen molar-refractivity contribution in [1.29, 1.82) is 0 Å². The first-order chi connectivity index (χ1) is 11.6. The van der Waals surface area contributed by atoms with E-state index in [2.05, 4.69) is 4.99 Å². The van der Waals surface area contributed by atoms with Crippen LogP contribution in [-0.2, 0) is 20.9 Å². The van der Waals surface area contributed by atoms with Gasteiger partial charge in [0.1, 0.15) is 13.2 Å². The molecule has 0 unspecified atom stereocenters. The van der Waals surface area contributed by atoms with Crippen LogP contribution < -0.4 is 5.23 Å². The third-order valence-electron chi connectivity index (χ3n) is 3.45. The summed E-state index contributed by atoms with van der Waals surface area (Å²) in [6, 6.07) is 14.5. The minimum absolute atomic E-state index is 0.0612. The lowest BCUT2D eigenvalue weighted by atomic mass is 10.2. The number of hydrogen-bond donors (Lipinski definition) is 0. The molecule has 0 spiro atoms. The first-order valence-corrected chi connectivity index (χ1v) is 7.29. The van der Waals surface area contributed by atoms with Gasteiger partial charge in [-0.25, -0.2) is 9.79 Å². The number of esters is 1. The van der Waals surface area contributed by atoms with Crippen LogP contribution in [0.25, 0.3) is 0 Å². The first kappa shape index (κ1) is 16.0. The molecule has 0 saturated carbocycles. The topological polar surface area (TPSA) is 97.2 Å². The number of carbonyl (C=O) groups is 1. The number of anilines is 1. The van der Waals surface area contributed by atoms with Gasteiger partial charge in [0.2, 0.25) is 5.90 Å². The molecular formula is C17H14N2O5-2. The van der Waals surface area contributed by atoms with Gasteiger partial charge >= 0.3 is 5.97 Å². The summed E-state index contributed by atoms with van der Waals surface area (Å²) in [5, 5.41) is 21.1. The highest BCUT2D eigenvalue weighted by Crippen LogP contribution is 2.19. The Morgan fingerprint density at radius 3 is 2.75 bits per heavy atom. The van der Waals surface area contributed by atoms with Crippen LogP contribution in [0, 0.1) is 10.4 Å². The maximum Gasteiger partial charge on any atom is 0.334 e. The van der Waals surface area contributed by atoms with E-state index in [1.807, 2.05) is 30.3 Å². The van der Waals surface area contributed by atoms with Gasteiger partial charge in [0.25, 0.3) is 0 Å². The van der Waals surface area contributed by atoms with E-state index in [0.717, 1.165) is 5.56 Å². The highest BCUT2D eigenvalue weighted by molar-refractivity contribution is 5.98. The van der Waals surface area contributed by atoms with E-state index in [4.69, 9.17) is 9.47 Å². The lowest BCUT2D eigenvalue weighted by Gasteiger charge is -2.37. The Labute approximate surface area is 138 Å². The van der Waals surface area contributed by atoms with Crippen LogP contribution in [-0.4, -0.2) is 24.5 Å². The molecule has 1 aliphatic heterocycles. The van der Waals surface area contributed by atoms with Crippen molar-refractivity contribution in [1.82, 2.24) is 0 Å². The quantitative estimate of drug-likeness (QED) is 0.618. The van der Waals surface area contributed by atoms with Gasteiger partial charge in [-0.1, -0.05) is 36.4 Å². The molecule has 0 fully saturated rings. The molecular weight excluding hydrogens is 312 g/mol. The summed E-state index contributed by atoms with van der Waals surface area (Å²) < 4.78 is 10.6. The van der Waals surface area contributed by atoms with Crippen LogP contribution >= 0.6 is 0 Å². The van der Waals surface area contributed by atoms with Gasteiger partial charge in [0.15, 0.2) is 6.04 Å². The molecule has 0 saturated heterocycles. The standard InChI is InChI=1S/C17H14N2O5/c20-17(24-10-12-5-2-1-3-6-12)15-11-23-16(18-15)13-7-4-8-14(9-13)19(21)22/h1-9,15H,10-11H2/q-2/t15-/m0/s1. The van der Waals surface area contributed by atoms with Gasteiger partial charge in [0.05, 0.1) is 0 Å². The van der Waals surface area contributed by atoms with Gasteiger partial charge in [-0.3, -0.25) is 0 Å². The van der Waals surface area contributed by atoms with Gasteiger partial charge < -0.3 is 25.1 Å². The Bertz CT molecular complexity index is 746. The molecule has 24 heavy (non-hydrogen) atoms. The summed E-state index contributed by atoms with van der Waals surface area (Å²) in [5.41, 5.74) is 1.28. The molecule has 0 aromatic heterocycles. The van der Waals surface area contributed by atoms with Gasteiger partial charge in [0, 0.05) is 11.3 Å². The van der Waals surface area contributed by atoms with E-state index < -0.39 is 17.2 Å². The number of rotatable bonds is 5. The second-order valence-corrected chi connectivity index (χ2v) is 5.16. The Morgan fingerprint density at radius 1 is 1.21 bits per heavy atom. The van der Waals surface area contributed by atoms with Crippen LogP contribution in [0.15, 0.2) is 59.6 Å². The zero-order valence-corrected chi connectivity index (χ0v) is 12.6. The summed E-state index contributed by atoms with van der Waals surface area (Å²) in [7, 11) is 0. The highest BCUT2D eigenvalue weighted by atomic mass is 16.8. The van der Waals surface area contributed by atoms with E-state index in [-0.39, 0.29) is 24.8 Å². The number of aliphatic imine (C=N–C) groups is 1. The van der Waals surface area contributed by atoms with E-state index in [9.17, 15) is 15.2 Å². The maximum atomic E-state index is 12.1. The third kappa shape index (κ3) is 3.70. The van der Waals surface area contributed by atoms with Crippen LogP contribution in [0.2, 0.25) is 0 Å². The molecule has 7 nitrogen and oxygen atoms in total. The molecule has 1 heterocycles. The monoisotopic (exact) mass is 326 g/mol. The lowest BCUT2D eigenvalue weighted by molar-refractivity contribution is -0.146. The normalized spacial score (nSPS) is 16.2. The Morgan fingerprint density at radius 2 is 2.00 bits per heavy atom. The predicted octanol–water partition coefficient (Wildman–Crippen LogP) is 2.38. The lowest BCUT2D eigenvalue weighted by Crippen LogP contribution is -2.22. The highest BCUT2D eigenvalue weighted by Gasteiger charge is 2.28. The van der Waals surface area contributed by atoms with Crippen molar-refractivity contribution >= 4 is 17.6 Å². The Kier molecular flexibility index (Phi) is 4.74. The molecule has 1 atom stereocenters. The predicted molar refractivity (Wildman–Crippen MR) is 88.2 cm³/mol. The van der Waals surface area contributed by atoms with Crippen molar-refractivity contribution in [2.75, 3.05) is 11.8 Å². The largest absolute Gasteiger partial charge is 0.769 e. The molecule has 0 amide bonds. The molecule has 0 bridgehead atoms. The first-order valence-electron chi connectivity index (χ1n) is 7.29. The number of hydrogen-bond acceptors (Lipinski definition) is 7. The molecule has 2 aromatic rings. The zero-order chi connectivity index (χ0) is 16.9. The van der Waals surface area contributed by atoms with Gasteiger partial charge in [-0.15, -0.1) is 0 Å². The average molecular weight is 326 g/mol. The summed E-state index contributed by atoms with van der Waals surface area (Å²) >= 11 is 0. The van der Waals surface area contributed by atoms with Crippen LogP contribution in [0.5, 0.6) is 0 Å². The van der Waals surface area contributed by atoms with Crippen molar-refractivity contribution in [2.24, 2.45) is 4.99 Å². The second-order valence-electron chi connectivity index (χ2n) is 5.16. The van der Waals surface area contributed by atoms with Gasteiger partial charge in [-0.05, 0) is 23.8 Å². The SMILES string of the molecule is O=C(OCc1ccccc1)[C@@H]1COC(c2cccc(N([O-])[O-])c2)=N1. The fourth-order valence-electron chi connectivity index (χ4n) is 2.23. The molecule has 3 rings (SSSR count). The third-order valence-corrected chi connectivity index (χ3v) is 3.45. The fourth-order valence-corrected chi connectivity index (χ4v) is 2.23. The van der Waals surface area contributed by atoms with Crippen LogP contribution in [0.1, 0.15) is 11.1 Å². The van der Waals surface area contributed by atoms with Crippen molar-refractivity contribution in [2.45, 2.75) is 12.6 Å². The van der Waals surface area contributed by atoms with Crippen molar-refractivity contribution in [3.63, 3.8) is 0 Å². The van der Waals surface area contributed by atoms with Crippen LogP contribution in [0.4, 0.5) is 5.69 Å². The number of benzene rings is 2. The molecule has 2 aromatic carbocycles. The smallest absolute Gasteiger partial charge is 0.334 e. The van der Waals surface area contributed by atoms with Crippen molar-refractivity contribution in [3.8, 4) is 0 Å². The maximum absolute atomic E-state index is 12.1. The molecule has 0 radical (unpaired) electrons. The van der Waals surface area contributed by atoms with E-state index in [1.165, 1.54) is 12.1 Å². The minimum Gasteiger partial charge on any atom is -0.769 e. The van der Waals surface area contributed by atoms with Crippen molar-refractivity contribution < 1.29 is 14.3 Å². The number of ether oxygens (including phenoxy) is 2. The number of carbonyl (C=O) groups excluding carboxylic acids is 1.